The largest absolute Gasteiger partial charge is 0.397 e. The van der Waals surface area contributed by atoms with Crippen molar-refractivity contribution in [2.45, 2.75) is 72.4 Å². The first kappa shape index (κ1) is 25.2. The van der Waals surface area contributed by atoms with Crippen molar-refractivity contribution in [2.75, 3.05) is 46.1 Å². The lowest BCUT2D eigenvalue weighted by atomic mass is 10.2. The Morgan fingerprint density at radius 1 is 0.640 bits per heavy atom. The van der Waals surface area contributed by atoms with Crippen molar-refractivity contribution in [1.29, 1.82) is 0 Å². The van der Waals surface area contributed by atoms with Gasteiger partial charge in [0.1, 0.15) is 0 Å². The van der Waals surface area contributed by atoms with Crippen molar-refractivity contribution in [1.82, 2.24) is 4.90 Å². The van der Waals surface area contributed by atoms with Gasteiger partial charge in [0.05, 0.1) is 0 Å². The zero-order valence-corrected chi connectivity index (χ0v) is 20.1. The molecule has 0 N–H and O–H groups in total. The van der Waals surface area contributed by atoms with Gasteiger partial charge in [-0.05, 0) is 71.3 Å². The molecule has 0 radical (unpaired) electrons. The van der Waals surface area contributed by atoms with E-state index in [4.69, 9.17) is 17.7 Å². The van der Waals surface area contributed by atoms with Gasteiger partial charge in [-0.1, -0.05) is 20.8 Å². The number of nitrogens with zero attached hydrogens (tertiary/aromatic N) is 1. The average Bonchev–Trinajstić information content (AvgIpc) is 2.61. The minimum Gasteiger partial charge on any atom is -0.397 e. The maximum absolute atomic E-state index is 5.86. The van der Waals surface area contributed by atoms with Crippen LogP contribution in [0.3, 0.4) is 0 Å². The Balaban J connectivity index is 4.31. The number of hydrogen-bond donors (Lipinski definition) is 0. The van der Waals surface area contributed by atoms with Crippen molar-refractivity contribution >= 4 is 18.6 Å². The molecule has 0 aromatic carbocycles. The minimum absolute atomic E-state index is 0.542. The van der Waals surface area contributed by atoms with Gasteiger partial charge >= 0.3 is 18.6 Å². The van der Waals surface area contributed by atoms with Gasteiger partial charge in [0.2, 0.25) is 0 Å². The Morgan fingerprint density at radius 2 is 0.960 bits per heavy atom. The zero-order valence-electron chi connectivity index (χ0n) is 17.8. The summed E-state index contributed by atoms with van der Waals surface area (Å²) in [4.78, 5) is 2.54. The van der Waals surface area contributed by atoms with Gasteiger partial charge < -0.3 is 22.6 Å². The topological polar surface area (TPSA) is 40.2 Å². The summed E-state index contributed by atoms with van der Waals surface area (Å²) in [5, 5.41) is 0. The maximum Gasteiger partial charge on any atom is 0.324 e. The molecule has 0 aliphatic heterocycles. The summed E-state index contributed by atoms with van der Waals surface area (Å²) in [6, 6.07) is 0. The van der Waals surface area contributed by atoms with E-state index in [0.717, 1.165) is 58.9 Å². The van der Waals surface area contributed by atoms with Gasteiger partial charge in [-0.15, -0.1) is 0 Å². The molecule has 0 aromatic heterocycles. The second-order valence-corrected chi connectivity index (χ2v) is 11.6. The van der Waals surface area contributed by atoms with Crippen LogP contribution in [0.25, 0.3) is 0 Å². The van der Waals surface area contributed by atoms with E-state index >= 15 is 0 Å². The van der Waals surface area contributed by atoms with Gasteiger partial charge in [-0.2, -0.15) is 0 Å². The molecule has 0 aliphatic carbocycles. The third kappa shape index (κ3) is 11.5. The monoisotopic (exact) mass is 393 g/mol. The summed E-state index contributed by atoms with van der Waals surface area (Å²) >= 11 is 0. The van der Waals surface area contributed by atoms with Crippen LogP contribution in [-0.2, 0) is 17.7 Å². The van der Waals surface area contributed by atoms with Crippen LogP contribution in [0.5, 0.6) is 0 Å². The molecule has 25 heavy (non-hydrogen) atoms. The van der Waals surface area contributed by atoms with E-state index < -0.39 is 18.6 Å². The van der Waals surface area contributed by atoms with E-state index in [1.807, 2.05) is 0 Å². The predicted molar refractivity (Wildman–Crippen MR) is 111 cm³/mol. The first-order chi connectivity index (χ1) is 12.0. The lowest BCUT2D eigenvalue weighted by Gasteiger charge is -2.27. The fourth-order valence-corrected chi connectivity index (χ4v) is 6.55. The van der Waals surface area contributed by atoms with Crippen LogP contribution in [0.2, 0.25) is 11.1 Å². The molecule has 152 valence electrons. The highest BCUT2D eigenvalue weighted by molar-refractivity contribution is 6.46. The summed E-state index contributed by atoms with van der Waals surface area (Å²) in [7, 11) is -3.07. The molecule has 2 atom stereocenters. The Hall–Kier alpha value is 0.234. The van der Waals surface area contributed by atoms with Gasteiger partial charge in [0.15, 0.2) is 0 Å². The maximum atomic E-state index is 5.86. The second kappa shape index (κ2) is 16.4. The SMILES string of the molecule is CCO[SiH](OCC)C(C)CCN(CC)CCC(C)[SiH](OCC)OCC. The first-order valence-electron chi connectivity index (χ1n) is 10.2. The molecule has 0 fully saturated rings. The molecule has 0 rings (SSSR count). The molecule has 5 nitrogen and oxygen atoms in total. The van der Waals surface area contributed by atoms with Crippen LogP contribution in [0.1, 0.15) is 61.3 Å². The number of hydrogen-bond acceptors (Lipinski definition) is 5. The molecule has 0 heterocycles. The van der Waals surface area contributed by atoms with Crippen LogP contribution in [-0.4, -0.2) is 69.5 Å². The molecule has 2 unspecified atom stereocenters. The van der Waals surface area contributed by atoms with Crippen molar-refractivity contribution in [2.24, 2.45) is 0 Å². The summed E-state index contributed by atoms with van der Waals surface area (Å²) in [6.45, 7) is 21.4. The summed E-state index contributed by atoms with van der Waals surface area (Å²) in [5.41, 5.74) is 1.08. The highest BCUT2D eigenvalue weighted by Gasteiger charge is 2.24. The summed E-state index contributed by atoms with van der Waals surface area (Å²) in [6.07, 6.45) is 2.30. The molecular formula is C18H43NO4Si2. The van der Waals surface area contributed by atoms with Crippen LogP contribution >= 0.6 is 0 Å². The molecule has 0 saturated heterocycles. The second-order valence-electron chi connectivity index (χ2n) is 6.52. The normalized spacial score (nSPS) is 14.6. The Bertz CT molecular complexity index is 262. The minimum atomic E-state index is -1.53. The quantitative estimate of drug-likeness (QED) is 0.354. The van der Waals surface area contributed by atoms with Crippen molar-refractivity contribution in [3.63, 3.8) is 0 Å². The third-order valence-electron chi connectivity index (χ3n) is 4.50. The van der Waals surface area contributed by atoms with Crippen molar-refractivity contribution in [3.05, 3.63) is 0 Å². The van der Waals surface area contributed by atoms with Crippen LogP contribution in [0, 0.1) is 0 Å². The third-order valence-corrected chi connectivity index (χ3v) is 9.67. The predicted octanol–water partition coefficient (Wildman–Crippen LogP) is 3.46. The molecule has 7 heteroatoms. The molecular weight excluding hydrogens is 350 g/mol. The highest BCUT2D eigenvalue weighted by Crippen LogP contribution is 2.20. The molecule has 0 saturated carbocycles. The van der Waals surface area contributed by atoms with Gasteiger partial charge in [-0.25, -0.2) is 0 Å². The van der Waals surface area contributed by atoms with Crippen LogP contribution in [0.15, 0.2) is 0 Å². The lowest BCUT2D eigenvalue weighted by molar-refractivity contribution is 0.193. The molecule has 0 aromatic rings. The summed E-state index contributed by atoms with van der Waals surface area (Å²) < 4.78 is 23.5. The van der Waals surface area contributed by atoms with E-state index in [9.17, 15) is 0 Å². The fraction of sp³-hybridized carbons (Fsp3) is 1.00. The van der Waals surface area contributed by atoms with Gasteiger partial charge in [-0.3, -0.25) is 0 Å². The Kier molecular flexibility index (Phi) is 16.6. The van der Waals surface area contributed by atoms with Crippen molar-refractivity contribution in [3.8, 4) is 0 Å². The fourth-order valence-electron chi connectivity index (χ4n) is 2.88. The Morgan fingerprint density at radius 3 is 1.20 bits per heavy atom. The van der Waals surface area contributed by atoms with E-state index in [0.29, 0.717) is 11.1 Å². The highest BCUT2D eigenvalue weighted by atomic mass is 28.3. The zero-order chi connectivity index (χ0) is 19.1. The lowest BCUT2D eigenvalue weighted by Crippen LogP contribution is -2.34. The van der Waals surface area contributed by atoms with Crippen LogP contribution in [0.4, 0.5) is 0 Å². The average molecular weight is 394 g/mol. The smallest absolute Gasteiger partial charge is 0.324 e. The van der Waals surface area contributed by atoms with E-state index in [-0.39, 0.29) is 0 Å². The number of rotatable bonds is 17. The van der Waals surface area contributed by atoms with Gasteiger partial charge in [0, 0.05) is 26.4 Å². The first-order valence-corrected chi connectivity index (χ1v) is 13.4. The molecule has 0 amide bonds. The van der Waals surface area contributed by atoms with E-state index in [1.54, 1.807) is 0 Å². The standard InChI is InChI=1S/C18H43NO4Si2/c1-8-19(15-13-17(6)24(20-9-2)21-10-3)16-14-18(7)25(22-11-4)23-12-5/h17-18,24-25H,8-16H2,1-7H3. The Labute approximate surface area is 160 Å². The van der Waals surface area contributed by atoms with Crippen LogP contribution < -0.4 is 0 Å². The molecule has 0 aliphatic rings. The van der Waals surface area contributed by atoms with E-state index in [2.05, 4.69) is 53.4 Å². The van der Waals surface area contributed by atoms with E-state index in [1.165, 1.54) is 0 Å². The summed E-state index contributed by atoms with van der Waals surface area (Å²) in [5.74, 6) is 0. The molecule has 0 bridgehead atoms. The van der Waals surface area contributed by atoms with Gasteiger partial charge in [0.25, 0.3) is 0 Å². The van der Waals surface area contributed by atoms with Crippen molar-refractivity contribution < 1.29 is 17.7 Å². The molecule has 0 spiro atoms.